The molecule has 76 valence electrons. The topological polar surface area (TPSA) is 65.2 Å². The summed E-state index contributed by atoms with van der Waals surface area (Å²) in [7, 11) is 0. The summed E-state index contributed by atoms with van der Waals surface area (Å²) >= 11 is 0. The zero-order valence-electron chi connectivity index (χ0n) is 6.71. The maximum atomic E-state index is 12.6. The number of pyridine rings is 1. The summed E-state index contributed by atoms with van der Waals surface area (Å²) in [5.74, 6) is -1.57. The number of aromatic nitrogens is 1. The summed E-state index contributed by atoms with van der Waals surface area (Å²) in [6.07, 6.45) is -4.16. The molecule has 0 fully saturated rings. The molecule has 1 rings (SSSR count). The van der Waals surface area contributed by atoms with Gasteiger partial charge in [-0.25, -0.2) is 18.6 Å². The molecule has 0 unspecified atom stereocenters. The molecular weight excluding hydrogens is 201 g/mol. The van der Waals surface area contributed by atoms with Crippen LogP contribution in [0.15, 0.2) is 12.1 Å². The molecule has 1 heterocycles. The fourth-order valence-electron chi connectivity index (χ4n) is 0.780. The van der Waals surface area contributed by atoms with Gasteiger partial charge in [-0.2, -0.15) is 4.39 Å². The number of primary amides is 1. The van der Waals surface area contributed by atoms with Crippen LogP contribution in [0.1, 0.15) is 12.1 Å². The van der Waals surface area contributed by atoms with Crippen molar-refractivity contribution in [3.8, 4) is 5.75 Å². The molecule has 0 atom stereocenters. The predicted octanol–water partition coefficient (Wildman–Crippen LogP) is 1.62. The Balaban J connectivity index is 3.01. The van der Waals surface area contributed by atoms with Crippen molar-refractivity contribution in [2.24, 2.45) is 5.73 Å². The Morgan fingerprint density at radius 1 is 1.50 bits per heavy atom. The molecule has 0 aliphatic carbocycles. The highest BCUT2D eigenvalue weighted by Crippen LogP contribution is 2.21. The van der Waals surface area contributed by atoms with E-state index < -0.39 is 29.9 Å². The van der Waals surface area contributed by atoms with Gasteiger partial charge in [0.05, 0.1) is 0 Å². The fourth-order valence-corrected chi connectivity index (χ4v) is 0.780. The zero-order valence-corrected chi connectivity index (χ0v) is 6.71. The molecule has 4 nitrogen and oxygen atoms in total. The van der Waals surface area contributed by atoms with Gasteiger partial charge in [-0.1, -0.05) is 0 Å². The van der Waals surface area contributed by atoms with Gasteiger partial charge in [-0.15, -0.1) is 0 Å². The van der Waals surface area contributed by atoms with Gasteiger partial charge in [0.1, 0.15) is 11.4 Å². The number of nitrogens with two attached hydrogens (primary N) is 1. The average Bonchev–Trinajstić information content (AvgIpc) is 2.01. The second-order valence-corrected chi connectivity index (χ2v) is 2.27. The van der Waals surface area contributed by atoms with Crippen LogP contribution < -0.4 is 10.5 Å². The standard InChI is InChI=1S/C7H5F3N2O2/c8-5-2-3(14-7(11)13)1-4(12-5)6(9)10/h1-2,6H,(H2,11,13). The van der Waals surface area contributed by atoms with Gasteiger partial charge in [-0.05, 0) is 0 Å². The quantitative estimate of drug-likeness (QED) is 0.747. The molecule has 0 aromatic carbocycles. The smallest absolute Gasteiger partial charge is 0.409 e. The van der Waals surface area contributed by atoms with Crippen LogP contribution in [-0.2, 0) is 0 Å². The van der Waals surface area contributed by atoms with Crippen LogP contribution in [0.25, 0.3) is 0 Å². The first-order valence-corrected chi connectivity index (χ1v) is 3.42. The van der Waals surface area contributed by atoms with E-state index in [4.69, 9.17) is 0 Å². The van der Waals surface area contributed by atoms with Crippen molar-refractivity contribution in [2.75, 3.05) is 0 Å². The largest absolute Gasteiger partial charge is 0.410 e. The number of hydrogen-bond acceptors (Lipinski definition) is 3. The molecule has 2 N–H and O–H groups in total. The van der Waals surface area contributed by atoms with Crippen molar-refractivity contribution >= 4 is 6.09 Å². The first-order chi connectivity index (χ1) is 6.49. The number of rotatable bonds is 2. The molecule has 0 radical (unpaired) electrons. The third-order valence-electron chi connectivity index (χ3n) is 1.23. The summed E-state index contributed by atoms with van der Waals surface area (Å²) in [6.45, 7) is 0. The molecule has 0 saturated heterocycles. The van der Waals surface area contributed by atoms with Crippen molar-refractivity contribution in [3.05, 3.63) is 23.8 Å². The van der Waals surface area contributed by atoms with Crippen molar-refractivity contribution in [3.63, 3.8) is 0 Å². The number of nitrogens with zero attached hydrogens (tertiary/aromatic N) is 1. The molecule has 0 aliphatic rings. The molecule has 7 heteroatoms. The lowest BCUT2D eigenvalue weighted by atomic mass is 10.3. The number of carbonyl (C=O) groups excluding carboxylic acids is 1. The number of halogens is 3. The highest BCUT2D eigenvalue weighted by molar-refractivity contribution is 5.67. The predicted molar refractivity (Wildman–Crippen MR) is 39.4 cm³/mol. The Morgan fingerprint density at radius 2 is 2.14 bits per heavy atom. The van der Waals surface area contributed by atoms with E-state index in [-0.39, 0.29) is 0 Å². The van der Waals surface area contributed by atoms with Gasteiger partial charge in [-0.3, -0.25) is 0 Å². The van der Waals surface area contributed by atoms with Crippen LogP contribution in [0.3, 0.4) is 0 Å². The Hall–Kier alpha value is -1.79. The average molecular weight is 206 g/mol. The number of alkyl halides is 2. The van der Waals surface area contributed by atoms with Crippen molar-refractivity contribution in [1.29, 1.82) is 0 Å². The summed E-state index contributed by atoms with van der Waals surface area (Å²) in [5.41, 5.74) is 3.79. The van der Waals surface area contributed by atoms with Crippen LogP contribution in [0, 0.1) is 5.95 Å². The normalized spacial score (nSPS) is 10.3. The van der Waals surface area contributed by atoms with E-state index in [0.717, 1.165) is 6.07 Å². The first kappa shape index (κ1) is 10.3. The van der Waals surface area contributed by atoms with E-state index in [1.807, 2.05) is 0 Å². The van der Waals surface area contributed by atoms with Gasteiger partial charge in [0, 0.05) is 12.1 Å². The molecule has 1 aromatic heterocycles. The summed E-state index contributed by atoms with van der Waals surface area (Å²) in [4.78, 5) is 13.1. The lowest BCUT2D eigenvalue weighted by molar-refractivity contribution is 0.144. The maximum absolute atomic E-state index is 12.6. The van der Waals surface area contributed by atoms with Crippen LogP contribution in [0.2, 0.25) is 0 Å². The lowest BCUT2D eigenvalue weighted by Gasteiger charge is -2.03. The van der Waals surface area contributed by atoms with Crippen LogP contribution in [0.4, 0.5) is 18.0 Å². The van der Waals surface area contributed by atoms with Gasteiger partial charge in [0.15, 0.2) is 0 Å². The van der Waals surface area contributed by atoms with Crippen LogP contribution in [-0.4, -0.2) is 11.1 Å². The first-order valence-electron chi connectivity index (χ1n) is 3.42. The van der Waals surface area contributed by atoms with E-state index >= 15 is 0 Å². The van der Waals surface area contributed by atoms with Gasteiger partial charge >= 0.3 is 6.09 Å². The Labute approximate surface area is 76.5 Å². The van der Waals surface area contributed by atoms with E-state index in [2.05, 4.69) is 15.5 Å². The van der Waals surface area contributed by atoms with E-state index in [1.165, 1.54) is 0 Å². The molecule has 1 amide bonds. The summed E-state index contributed by atoms with van der Waals surface area (Å²) < 4.78 is 40.9. The molecule has 1 aromatic rings. The number of carbonyl (C=O) groups is 1. The number of amides is 1. The van der Waals surface area contributed by atoms with Gasteiger partial charge in [0.2, 0.25) is 5.95 Å². The minimum Gasteiger partial charge on any atom is -0.410 e. The van der Waals surface area contributed by atoms with Gasteiger partial charge in [0.25, 0.3) is 6.43 Å². The monoisotopic (exact) mass is 206 g/mol. The molecule has 14 heavy (non-hydrogen) atoms. The molecule has 0 saturated carbocycles. The van der Waals surface area contributed by atoms with Crippen molar-refractivity contribution in [2.45, 2.75) is 6.43 Å². The minimum atomic E-state index is -2.94. The van der Waals surface area contributed by atoms with Crippen molar-refractivity contribution < 1.29 is 22.7 Å². The Kier molecular flexibility index (Phi) is 2.90. The lowest BCUT2D eigenvalue weighted by Crippen LogP contribution is -2.16. The highest BCUT2D eigenvalue weighted by Gasteiger charge is 2.13. The van der Waals surface area contributed by atoms with Gasteiger partial charge < -0.3 is 10.5 Å². The molecule has 0 bridgehead atoms. The third-order valence-corrected chi connectivity index (χ3v) is 1.23. The molecular formula is C7H5F3N2O2. The Bertz CT molecular complexity index is 357. The van der Waals surface area contributed by atoms with E-state index in [9.17, 15) is 18.0 Å². The van der Waals surface area contributed by atoms with E-state index in [1.54, 1.807) is 0 Å². The Morgan fingerprint density at radius 3 is 2.64 bits per heavy atom. The minimum absolute atomic E-state index is 0.403. The number of ether oxygens (including phenoxy) is 1. The molecule has 0 spiro atoms. The zero-order chi connectivity index (χ0) is 10.7. The van der Waals surface area contributed by atoms with Crippen LogP contribution in [0.5, 0.6) is 5.75 Å². The summed E-state index contributed by atoms with van der Waals surface area (Å²) in [6, 6.07) is 1.41. The van der Waals surface area contributed by atoms with Crippen molar-refractivity contribution in [1.82, 2.24) is 4.98 Å². The fraction of sp³-hybridized carbons (Fsp3) is 0.143. The third kappa shape index (κ3) is 2.61. The maximum Gasteiger partial charge on any atom is 0.409 e. The van der Waals surface area contributed by atoms with Crippen LogP contribution >= 0.6 is 0 Å². The number of hydrogen-bond donors (Lipinski definition) is 1. The molecule has 0 aliphatic heterocycles. The summed E-state index contributed by atoms with van der Waals surface area (Å²) in [5, 5.41) is 0. The highest BCUT2D eigenvalue weighted by atomic mass is 19.3. The SMILES string of the molecule is NC(=O)Oc1cc(F)nc(C(F)F)c1. The van der Waals surface area contributed by atoms with E-state index in [0.29, 0.717) is 6.07 Å². The second-order valence-electron chi connectivity index (χ2n) is 2.27. The second kappa shape index (κ2) is 3.95.